The fourth-order valence-electron chi connectivity index (χ4n) is 1.10. The van der Waals surface area contributed by atoms with Gasteiger partial charge in [0.25, 0.3) is 5.82 Å². The van der Waals surface area contributed by atoms with E-state index in [0.29, 0.717) is 0 Å². The average molecular weight is 298 g/mol. The number of hydrogen-bond acceptors (Lipinski definition) is 0. The van der Waals surface area contributed by atoms with Crippen LogP contribution in [0, 0.1) is 0 Å². The third-order valence-electron chi connectivity index (χ3n) is 1.83. The Morgan fingerprint density at radius 1 is 1.58 bits per heavy atom. The number of halogens is 2. The zero-order chi connectivity index (χ0) is 8.27. The van der Waals surface area contributed by atoms with Gasteiger partial charge in [-0.2, -0.15) is 3.59 Å². The molecule has 0 fully saturated rings. The second-order valence-electron chi connectivity index (χ2n) is 2.74. The summed E-state index contributed by atoms with van der Waals surface area (Å²) in [6, 6.07) is 0. The van der Waals surface area contributed by atoms with Gasteiger partial charge in [-0.1, -0.05) is 13.3 Å². The van der Waals surface area contributed by atoms with Gasteiger partial charge in [-0.05, 0) is 6.42 Å². The molecule has 0 aromatic carbocycles. The van der Waals surface area contributed by atoms with Crippen LogP contribution in [0.25, 0.3) is 0 Å². The van der Waals surface area contributed by atoms with Crippen molar-refractivity contribution in [1.82, 2.24) is 3.59 Å². The van der Waals surface area contributed by atoms with Crippen LogP contribution in [0.2, 0.25) is 0 Å². The first kappa shape index (κ1) is 12.2. The number of aryl methyl sites for hydroxylation is 1. The van der Waals surface area contributed by atoms with E-state index in [1.807, 2.05) is 9.79 Å². The van der Waals surface area contributed by atoms with E-state index in [2.05, 4.69) is 40.9 Å². The highest BCUT2D eigenvalue weighted by Crippen LogP contribution is 2.03. The van der Waals surface area contributed by atoms with Crippen LogP contribution in [-0.2, 0) is 13.5 Å². The van der Waals surface area contributed by atoms with Gasteiger partial charge in [-0.15, -0.1) is 0 Å². The van der Waals surface area contributed by atoms with Crippen molar-refractivity contribution in [2.45, 2.75) is 26.2 Å². The summed E-state index contributed by atoms with van der Waals surface area (Å²) in [4.78, 5) is 0. The van der Waals surface area contributed by atoms with Crippen LogP contribution in [0.5, 0.6) is 0 Å². The lowest BCUT2D eigenvalue weighted by Gasteiger charge is -1.94. The average Bonchev–Trinajstić information content (AvgIpc) is 2.29. The lowest BCUT2D eigenvalue weighted by Crippen LogP contribution is -3.00. The number of aromatic nitrogens is 2. The molecule has 1 rings (SSSR count). The van der Waals surface area contributed by atoms with Gasteiger partial charge in [0.2, 0.25) is 0 Å². The third-order valence-corrected chi connectivity index (χ3v) is 2.47. The molecule has 1 aromatic heterocycles. The highest BCUT2D eigenvalue weighted by atomic mass is 79.9. The van der Waals surface area contributed by atoms with Crippen LogP contribution >= 0.6 is 16.1 Å². The summed E-state index contributed by atoms with van der Waals surface area (Å²) in [6.07, 6.45) is 7.72. The van der Waals surface area contributed by atoms with Crippen molar-refractivity contribution in [3.63, 3.8) is 0 Å². The summed E-state index contributed by atoms with van der Waals surface area (Å²) in [6.45, 7) is 2.21. The molecule has 0 atom stereocenters. The van der Waals surface area contributed by atoms with Crippen molar-refractivity contribution >= 4 is 16.1 Å². The first-order valence-corrected chi connectivity index (χ1v) is 4.68. The monoisotopic (exact) mass is 296 g/mol. The van der Waals surface area contributed by atoms with E-state index in [1.165, 1.54) is 18.7 Å². The van der Waals surface area contributed by atoms with Gasteiger partial charge in [-0.25, -0.2) is 4.57 Å². The van der Waals surface area contributed by atoms with Gasteiger partial charge in [0, 0.05) is 0 Å². The predicted octanol–water partition coefficient (Wildman–Crippen LogP) is -1.18. The molecule has 0 aliphatic heterocycles. The normalized spacial score (nSPS) is 9.58. The number of nitrogens with zero attached hydrogens (tertiary/aromatic N) is 2. The van der Waals surface area contributed by atoms with Gasteiger partial charge >= 0.3 is 0 Å². The second-order valence-corrected chi connectivity index (χ2v) is 3.50. The molecule has 0 aliphatic rings. The molecule has 0 bridgehead atoms. The van der Waals surface area contributed by atoms with E-state index in [-0.39, 0.29) is 17.0 Å². The van der Waals surface area contributed by atoms with Gasteiger partial charge < -0.3 is 17.0 Å². The second kappa shape index (κ2) is 5.75. The Morgan fingerprint density at radius 3 is 2.67 bits per heavy atom. The molecule has 0 radical (unpaired) electrons. The van der Waals surface area contributed by atoms with Crippen molar-refractivity contribution in [3.8, 4) is 0 Å². The molecule has 0 amide bonds. The molecule has 1 heterocycles. The zero-order valence-corrected chi connectivity index (χ0v) is 10.6. The molecule has 4 heteroatoms. The van der Waals surface area contributed by atoms with Gasteiger partial charge in [0.1, 0.15) is 12.4 Å². The van der Waals surface area contributed by atoms with Crippen LogP contribution in [0.1, 0.15) is 25.6 Å². The Hall–Kier alpha value is 0.170. The molecular formula is C8H14Br2N2. The van der Waals surface area contributed by atoms with Gasteiger partial charge in [-0.3, -0.25) is 0 Å². The highest BCUT2D eigenvalue weighted by molar-refractivity contribution is 9.08. The van der Waals surface area contributed by atoms with Crippen LogP contribution in [0.4, 0.5) is 0 Å². The summed E-state index contributed by atoms with van der Waals surface area (Å²) in [5, 5.41) is 0. The Labute approximate surface area is 92.7 Å². The maximum Gasteiger partial charge on any atom is 0.267 e. The van der Waals surface area contributed by atoms with Crippen molar-refractivity contribution in [3.05, 3.63) is 18.2 Å². The molecule has 0 saturated carbocycles. The number of rotatable bonds is 3. The molecule has 1 aromatic rings. The van der Waals surface area contributed by atoms with Crippen molar-refractivity contribution < 1.29 is 21.5 Å². The van der Waals surface area contributed by atoms with Gasteiger partial charge in [0.15, 0.2) is 16.1 Å². The van der Waals surface area contributed by atoms with Crippen LogP contribution in [0.3, 0.4) is 0 Å². The largest absolute Gasteiger partial charge is 1.00 e. The SMILES string of the molecule is CCCCc1n(Br)cc[n+]1C.[Br-]. The van der Waals surface area contributed by atoms with Crippen LogP contribution in [0.15, 0.2) is 12.4 Å². The molecule has 0 aliphatic carbocycles. The predicted molar refractivity (Wildman–Crippen MR) is 48.5 cm³/mol. The third kappa shape index (κ3) is 2.90. The minimum absolute atomic E-state index is 0. The summed E-state index contributed by atoms with van der Waals surface area (Å²) in [5.41, 5.74) is 0. The maximum atomic E-state index is 3.44. The fraction of sp³-hybridized carbons (Fsp3) is 0.625. The smallest absolute Gasteiger partial charge is 0.267 e. The standard InChI is InChI=1S/C8H14BrN2.BrH/c1-3-4-5-8-10(2)6-7-11(8)9;/h6-7H,3-5H2,1-2H3;1H/q+1;/p-1. The first-order chi connectivity index (χ1) is 5.25. The van der Waals surface area contributed by atoms with Gasteiger partial charge in [0.05, 0.1) is 13.5 Å². The van der Waals surface area contributed by atoms with Crippen LogP contribution in [-0.4, -0.2) is 3.59 Å². The fourth-order valence-corrected chi connectivity index (χ4v) is 1.63. The number of hydrogen-bond donors (Lipinski definition) is 0. The number of imidazole rings is 1. The molecule has 12 heavy (non-hydrogen) atoms. The van der Waals surface area contributed by atoms with E-state index in [4.69, 9.17) is 0 Å². The molecular weight excluding hydrogens is 284 g/mol. The summed E-state index contributed by atoms with van der Waals surface area (Å²) >= 11 is 3.44. The highest BCUT2D eigenvalue weighted by Gasteiger charge is 2.10. The zero-order valence-electron chi connectivity index (χ0n) is 7.43. The molecule has 70 valence electrons. The summed E-state index contributed by atoms with van der Waals surface area (Å²) in [7, 11) is 2.07. The molecule has 0 spiro atoms. The molecule has 0 N–H and O–H groups in total. The quantitative estimate of drug-likeness (QED) is 0.621. The summed E-state index contributed by atoms with van der Waals surface area (Å²) < 4.78 is 4.15. The Kier molecular flexibility index (Phi) is 5.84. The number of unbranched alkanes of at least 4 members (excludes halogenated alkanes) is 1. The van der Waals surface area contributed by atoms with E-state index in [1.54, 1.807) is 0 Å². The van der Waals surface area contributed by atoms with E-state index in [9.17, 15) is 0 Å². The van der Waals surface area contributed by atoms with Crippen molar-refractivity contribution in [2.75, 3.05) is 0 Å². The van der Waals surface area contributed by atoms with E-state index in [0.717, 1.165) is 6.42 Å². The molecule has 0 unspecified atom stereocenters. The minimum Gasteiger partial charge on any atom is -1.00 e. The topological polar surface area (TPSA) is 8.81 Å². The lowest BCUT2D eigenvalue weighted by atomic mass is 10.2. The Bertz CT molecular complexity index is 213. The van der Waals surface area contributed by atoms with E-state index >= 15 is 0 Å². The molecule has 0 saturated heterocycles. The van der Waals surface area contributed by atoms with E-state index < -0.39 is 0 Å². The first-order valence-electron chi connectivity index (χ1n) is 3.97. The Balaban J connectivity index is 0.00000121. The van der Waals surface area contributed by atoms with Crippen molar-refractivity contribution in [2.24, 2.45) is 7.05 Å². The maximum absolute atomic E-state index is 3.44. The van der Waals surface area contributed by atoms with Crippen LogP contribution < -0.4 is 21.5 Å². The molecule has 2 nitrogen and oxygen atoms in total. The lowest BCUT2D eigenvalue weighted by molar-refractivity contribution is -0.678. The Morgan fingerprint density at radius 2 is 2.25 bits per heavy atom. The summed E-state index contributed by atoms with van der Waals surface area (Å²) in [5.74, 6) is 1.33. The minimum atomic E-state index is 0. The van der Waals surface area contributed by atoms with Crippen molar-refractivity contribution in [1.29, 1.82) is 0 Å².